The van der Waals surface area contributed by atoms with Crippen LogP contribution in [0, 0.1) is 4.77 Å². The predicted octanol–water partition coefficient (Wildman–Crippen LogP) is 3.00. The van der Waals surface area contributed by atoms with Gasteiger partial charge in [0.05, 0.1) is 12.8 Å². The fourth-order valence-electron chi connectivity index (χ4n) is 1.49. The minimum absolute atomic E-state index is 0.459. The van der Waals surface area contributed by atoms with E-state index in [2.05, 4.69) is 22.2 Å². The fraction of sp³-hybridized carbons (Fsp3) is 0.308. The minimum Gasteiger partial charge on any atom is -0.493 e. The number of ether oxygens (including phenoxy) is 1. The summed E-state index contributed by atoms with van der Waals surface area (Å²) in [6, 6.07) is 7.78. The monoisotopic (exact) mass is 276 g/mol. The Hall–Kier alpha value is -1.95. The maximum atomic E-state index is 5.73. The van der Waals surface area contributed by atoms with Gasteiger partial charge in [-0.2, -0.15) is 14.9 Å². The van der Waals surface area contributed by atoms with Crippen LogP contribution < -0.4 is 4.74 Å². The van der Waals surface area contributed by atoms with Crippen LogP contribution in [0.2, 0.25) is 0 Å². The van der Waals surface area contributed by atoms with Gasteiger partial charge in [-0.25, -0.2) is 0 Å². The molecule has 0 atom stereocenters. The molecular formula is C13H16N4OS. The van der Waals surface area contributed by atoms with E-state index in [9.17, 15) is 0 Å². The molecule has 2 aromatic rings. The highest BCUT2D eigenvalue weighted by molar-refractivity contribution is 7.71. The summed E-state index contributed by atoms with van der Waals surface area (Å²) in [4.78, 5) is 0. The third kappa shape index (κ3) is 3.75. The number of hydrogen-bond acceptors (Lipinski definition) is 4. The van der Waals surface area contributed by atoms with Crippen molar-refractivity contribution in [3.63, 3.8) is 0 Å². The number of rotatable bonds is 6. The van der Waals surface area contributed by atoms with E-state index in [1.807, 2.05) is 24.3 Å². The van der Waals surface area contributed by atoms with Crippen molar-refractivity contribution >= 4 is 18.4 Å². The quantitative estimate of drug-likeness (QED) is 0.501. The molecule has 1 N–H and O–H groups in total. The number of aromatic amines is 1. The largest absolute Gasteiger partial charge is 0.493 e. The van der Waals surface area contributed by atoms with Crippen molar-refractivity contribution in [3.8, 4) is 5.75 Å². The minimum atomic E-state index is 0.459. The number of unbranched alkanes of at least 4 members (excludes halogenated alkanes) is 1. The number of para-hydroxylation sites is 1. The molecule has 0 saturated carbocycles. The Morgan fingerprint density at radius 3 is 3.05 bits per heavy atom. The molecular weight excluding hydrogens is 260 g/mol. The molecule has 2 rings (SSSR count). The molecule has 1 heterocycles. The first kappa shape index (κ1) is 13.5. The SMILES string of the molecule is CCCCOc1ccccc1/C=N/n1cn[nH]c1=S. The van der Waals surface area contributed by atoms with E-state index < -0.39 is 0 Å². The summed E-state index contributed by atoms with van der Waals surface area (Å²) in [7, 11) is 0. The van der Waals surface area contributed by atoms with Crippen LogP contribution in [-0.4, -0.2) is 27.7 Å². The van der Waals surface area contributed by atoms with Crippen LogP contribution in [0.5, 0.6) is 5.75 Å². The van der Waals surface area contributed by atoms with Crippen LogP contribution in [0.1, 0.15) is 25.3 Å². The van der Waals surface area contributed by atoms with Gasteiger partial charge in [0.2, 0.25) is 4.77 Å². The lowest BCUT2D eigenvalue weighted by Crippen LogP contribution is -2.00. The first-order valence-electron chi connectivity index (χ1n) is 6.19. The summed E-state index contributed by atoms with van der Waals surface area (Å²) in [6.07, 6.45) is 5.39. The summed E-state index contributed by atoms with van der Waals surface area (Å²) >= 11 is 5.02. The zero-order valence-electron chi connectivity index (χ0n) is 10.7. The number of aromatic nitrogens is 3. The highest BCUT2D eigenvalue weighted by Gasteiger charge is 2.00. The summed E-state index contributed by atoms with van der Waals surface area (Å²) in [6.45, 7) is 2.85. The van der Waals surface area contributed by atoms with Gasteiger partial charge >= 0.3 is 0 Å². The highest BCUT2D eigenvalue weighted by Crippen LogP contribution is 2.16. The Labute approximate surface area is 116 Å². The van der Waals surface area contributed by atoms with E-state index in [1.54, 1.807) is 6.21 Å². The third-order valence-corrected chi connectivity index (χ3v) is 2.81. The summed E-state index contributed by atoms with van der Waals surface area (Å²) in [5, 5.41) is 10.7. The van der Waals surface area contributed by atoms with Crippen molar-refractivity contribution in [1.29, 1.82) is 0 Å². The molecule has 0 fully saturated rings. The standard InChI is InChI=1S/C13H16N4OS/c1-2-3-8-18-12-7-5-4-6-11(12)9-15-17-10-14-16-13(17)19/h4-7,9-10H,2-3,8H2,1H3,(H,16,19)/b15-9+. The normalized spacial score (nSPS) is 11.0. The summed E-state index contributed by atoms with van der Waals surface area (Å²) in [5.74, 6) is 0.828. The van der Waals surface area contributed by atoms with E-state index in [1.165, 1.54) is 11.0 Å². The maximum Gasteiger partial charge on any atom is 0.216 e. The molecule has 0 bridgehead atoms. The Balaban J connectivity index is 2.13. The second-order valence-corrected chi connectivity index (χ2v) is 4.38. The van der Waals surface area contributed by atoms with E-state index in [0.29, 0.717) is 11.4 Å². The molecule has 0 aliphatic rings. The van der Waals surface area contributed by atoms with Crippen molar-refractivity contribution < 1.29 is 4.74 Å². The van der Waals surface area contributed by atoms with Crippen molar-refractivity contribution in [2.75, 3.05) is 6.61 Å². The molecule has 1 aromatic carbocycles. The van der Waals surface area contributed by atoms with Gasteiger partial charge in [0.1, 0.15) is 12.1 Å². The van der Waals surface area contributed by atoms with Crippen molar-refractivity contribution in [2.45, 2.75) is 19.8 Å². The summed E-state index contributed by atoms with van der Waals surface area (Å²) in [5.41, 5.74) is 0.918. The van der Waals surface area contributed by atoms with Crippen molar-refractivity contribution in [3.05, 3.63) is 40.9 Å². The van der Waals surface area contributed by atoms with E-state index in [-0.39, 0.29) is 0 Å². The molecule has 19 heavy (non-hydrogen) atoms. The van der Waals surface area contributed by atoms with Crippen LogP contribution in [0.3, 0.4) is 0 Å². The Kier molecular flexibility index (Phi) is 4.85. The Morgan fingerprint density at radius 2 is 2.32 bits per heavy atom. The second-order valence-electron chi connectivity index (χ2n) is 3.99. The van der Waals surface area contributed by atoms with Crippen molar-refractivity contribution in [1.82, 2.24) is 14.9 Å². The van der Waals surface area contributed by atoms with E-state index in [4.69, 9.17) is 17.0 Å². The number of nitrogens with one attached hydrogen (secondary N) is 1. The molecule has 0 saturated heterocycles. The molecule has 0 aliphatic carbocycles. The zero-order valence-corrected chi connectivity index (χ0v) is 11.6. The smallest absolute Gasteiger partial charge is 0.216 e. The average Bonchev–Trinajstić information content (AvgIpc) is 2.83. The van der Waals surface area contributed by atoms with Gasteiger partial charge in [0.25, 0.3) is 0 Å². The molecule has 1 aromatic heterocycles. The predicted molar refractivity (Wildman–Crippen MR) is 77.2 cm³/mol. The number of benzene rings is 1. The molecule has 0 unspecified atom stereocenters. The van der Waals surface area contributed by atoms with Gasteiger partial charge in [-0.3, -0.25) is 5.10 Å². The molecule has 0 amide bonds. The van der Waals surface area contributed by atoms with Gasteiger partial charge in [-0.15, -0.1) is 0 Å². The van der Waals surface area contributed by atoms with Crippen LogP contribution in [0.25, 0.3) is 0 Å². The van der Waals surface area contributed by atoms with Gasteiger partial charge in [0, 0.05) is 5.56 Å². The zero-order chi connectivity index (χ0) is 13.5. The molecule has 5 nitrogen and oxygen atoms in total. The van der Waals surface area contributed by atoms with Gasteiger partial charge in [-0.1, -0.05) is 25.5 Å². The fourth-order valence-corrected chi connectivity index (χ4v) is 1.64. The topological polar surface area (TPSA) is 55.2 Å². The van der Waals surface area contributed by atoms with Crippen LogP contribution in [0.4, 0.5) is 0 Å². The molecule has 0 spiro atoms. The lowest BCUT2D eigenvalue weighted by Gasteiger charge is -2.07. The third-order valence-electron chi connectivity index (χ3n) is 2.53. The second kappa shape index (κ2) is 6.84. The van der Waals surface area contributed by atoms with Crippen molar-refractivity contribution in [2.24, 2.45) is 5.10 Å². The first-order valence-corrected chi connectivity index (χ1v) is 6.60. The number of nitrogens with zero attached hydrogens (tertiary/aromatic N) is 3. The molecule has 0 aliphatic heterocycles. The lowest BCUT2D eigenvalue weighted by atomic mass is 10.2. The summed E-state index contributed by atoms with van der Waals surface area (Å²) < 4.78 is 7.68. The number of H-pyrrole nitrogens is 1. The maximum absolute atomic E-state index is 5.73. The van der Waals surface area contributed by atoms with Crippen LogP contribution in [-0.2, 0) is 0 Å². The molecule has 6 heteroatoms. The van der Waals surface area contributed by atoms with E-state index >= 15 is 0 Å². The Morgan fingerprint density at radius 1 is 1.47 bits per heavy atom. The molecule has 0 radical (unpaired) electrons. The number of hydrogen-bond donors (Lipinski definition) is 1. The molecule has 100 valence electrons. The van der Waals surface area contributed by atoms with Gasteiger partial charge < -0.3 is 4.74 Å². The Bertz CT molecular complexity index is 602. The highest BCUT2D eigenvalue weighted by atomic mass is 32.1. The van der Waals surface area contributed by atoms with Gasteiger partial charge in [-0.05, 0) is 30.8 Å². The lowest BCUT2D eigenvalue weighted by molar-refractivity contribution is 0.309. The van der Waals surface area contributed by atoms with Crippen LogP contribution in [0.15, 0.2) is 35.7 Å². The average molecular weight is 276 g/mol. The van der Waals surface area contributed by atoms with Gasteiger partial charge in [0.15, 0.2) is 0 Å². The van der Waals surface area contributed by atoms with Crippen LogP contribution >= 0.6 is 12.2 Å². The first-order chi connectivity index (χ1) is 9.31. The van der Waals surface area contributed by atoms with E-state index in [0.717, 1.165) is 24.2 Å².